The Morgan fingerprint density at radius 1 is 1.13 bits per heavy atom. The fourth-order valence-corrected chi connectivity index (χ4v) is 6.00. The second kappa shape index (κ2) is 16.9. The minimum Gasteiger partial charge on any atom is -0.459 e. The van der Waals surface area contributed by atoms with Crippen molar-refractivity contribution in [3.8, 4) is 0 Å². The van der Waals surface area contributed by atoms with E-state index in [1.165, 1.54) is 19.1 Å². The number of rotatable bonds is 15. The molecular weight excluding hydrogens is 648 g/mol. The number of carbonyl (C=O) groups excluding carboxylic acids is 4. The van der Waals surface area contributed by atoms with Gasteiger partial charge in [0.15, 0.2) is 0 Å². The lowest BCUT2D eigenvalue weighted by Gasteiger charge is -2.39. The van der Waals surface area contributed by atoms with Gasteiger partial charge in [0.25, 0.3) is 0 Å². The highest BCUT2D eigenvalue weighted by atomic mass is 79.9. The first-order valence-corrected chi connectivity index (χ1v) is 16.6. The van der Waals surface area contributed by atoms with Crippen molar-refractivity contribution in [2.75, 3.05) is 11.9 Å². The molecule has 1 amide bonds. The molecule has 0 bridgehead atoms. The fraction of sp³-hybridized carbons (Fsp3) is 0.667. The van der Waals surface area contributed by atoms with Crippen LogP contribution >= 0.6 is 15.9 Å². The van der Waals surface area contributed by atoms with Crippen LogP contribution in [0.2, 0.25) is 0 Å². The molecule has 0 aromatic rings. The van der Waals surface area contributed by atoms with Crippen LogP contribution in [0.15, 0.2) is 36.0 Å². The van der Waals surface area contributed by atoms with E-state index in [2.05, 4.69) is 34.2 Å². The predicted molar refractivity (Wildman–Crippen MR) is 171 cm³/mol. The van der Waals surface area contributed by atoms with Crippen LogP contribution in [0.5, 0.6) is 0 Å². The minimum absolute atomic E-state index is 0.0328. The van der Waals surface area contributed by atoms with E-state index < -0.39 is 36.0 Å². The van der Waals surface area contributed by atoms with Gasteiger partial charge in [-0.05, 0) is 45.6 Å². The molecule has 0 radical (unpaired) electrons. The van der Waals surface area contributed by atoms with Gasteiger partial charge in [-0.25, -0.2) is 0 Å². The van der Waals surface area contributed by atoms with Crippen molar-refractivity contribution in [3.63, 3.8) is 0 Å². The van der Waals surface area contributed by atoms with Gasteiger partial charge in [-0.1, -0.05) is 46.7 Å². The number of nitrogens with one attached hydrogen (secondary N) is 2. The zero-order valence-corrected chi connectivity index (χ0v) is 28.3. The number of ether oxygens (including phenoxy) is 4. The van der Waals surface area contributed by atoms with E-state index in [1.807, 2.05) is 19.9 Å². The van der Waals surface area contributed by atoms with Crippen LogP contribution in [0.3, 0.4) is 0 Å². The van der Waals surface area contributed by atoms with E-state index >= 15 is 0 Å². The molecule has 3 saturated heterocycles. The molecule has 0 unspecified atom stereocenters. The molecule has 0 aromatic carbocycles. The molecule has 3 heterocycles. The highest BCUT2D eigenvalue weighted by molar-refractivity contribution is 9.09. The Morgan fingerprint density at radius 3 is 2.47 bits per heavy atom. The number of ketones is 2. The van der Waals surface area contributed by atoms with Gasteiger partial charge in [0.2, 0.25) is 5.91 Å². The molecular formula is C33H47BrN2O9. The summed E-state index contributed by atoms with van der Waals surface area (Å²) in [7, 11) is 0. The maximum absolute atomic E-state index is 12.6. The van der Waals surface area contributed by atoms with Crippen molar-refractivity contribution in [1.29, 1.82) is 5.41 Å². The van der Waals surface area contributed by atoms with Crippen LogP contribution < -0.4 is 5.32 Å². The van der Waals surface area contributed by atoms with Crippen molar-refractivity contribution in [1.82, 2.24) is 5.32 Å². The van der Waals surface area contributed by atoms with Crippen LogP contribution in [-0.2, 0) is 38.1 Å². The maximum Gasteiger partial charge on any atom is 0.303 e. The van der Waals surface area contributed by atoms with Crippen molar-refractivity contribution >= 4 is 45.1 Å². The van der Waals surface area contributed by atoms with Gasteiger partial charge in [-0.3, -0.25) is 19.2 Å². The molecule has 250 valence electrons. The summed E-state index contributed by atoms with van der Waals surface area (Å²) in [5, 5.41) is 22.0. The first-order valence-electron chi connectivity index (χ1n) is 15.5. The number of Topliss-reactive ketones (excluding diaryl/α,β-unsaturated/α-hetero) is 2. The van der Waals surface area contributed by atoms with E-state index in [-0.39, 0.29) is 71.9 Å². The van der Waals surface area contributed by atoms with Crippen LogP contribution in [0.1, 0.15) is 73.1 Å². The Morgan fingerprint density at radius 2 is 1.82 bits per heavy atom. The van der Waals surface area contributed by atoms with Gasteiger partial charge in [-0.2, -0.15) is 0 Å². The van der Waals surface area contributed by atoms with Crippen LogP contribution in [0.4, 0.5) is 0 Å². The highest BCUT2D eigenvalue weighted by Crippen LogP contribution is 2.43. The summed E-state index contributed by atoms with van der Waals surface area (Å²) in [6.07, 6.45) is 7.74. The third-order valence-electron chi connectivity index (χ3n) is 8.35. The minimum atomic E-state index is -0.864. The molecule has 3 aliphatic rings. The quantitative estimate of drug-likeness (QED) is 0.0579. The first kappa shape index (κ1) is 37.0. The Balaban J connectivity index is 1.50. The summed E-state index contributed by atoms with van der Waals surface area (Å²) >= 11 is 3.07. The lowest BCUT2D eigenvalue weighted by Crippen LogP contribution is -2.50. The average Bonchev–Trinajstić information content (AvgIpc) is 3.73. The number of hydrogen-bond donors (Lipinski definition) is 3. The summed E-state index contributed by atoms with van der Waals surface area (Å²) in [5.41, 5.74) is 0.324. The largest absolute Gasteiger partial charge is 0.459 e. The standard InChI is InChI=1S/C33H47BrN2O9/c1-19(6-9-29-20(2)12-28(22(4)44-29)36-31(40)11-8-21(3)43-23(5)37)7-10-30-32(41)33(18-42-33)16-27(45-30)15-25(38)13-24(35)14-26(39)17-34/h6-8,10-11,20-22,27-30,32,35,41H,9,12-18H2,1-5H3,(H,36,40)/b10-7+,11-8-,19-6+,35-24?/t20-,21-,22+,27+,28+,29-,30+,32+,33+/m0/s1. The lowest BCUT2D eigenvalue weighted by molar-refractivity contribution is -0.144. The van der Waals surface area contributed by atoms with Gasteiger partial charge in [0.05, 0.1) is 36.3 Å². The van der Waals surface area contributed by atoms with Crippen LogP contribution in [0.25, 0.3) is 0 Å². The molecule has 12 heteroatoms. The molecule has 1 spiro atoms. The summed E-state index contributed by atoms with van der Waals surface area (Å²) in [4.78, 5) is 47.6. The Kier molecular flexibility index (Phi) is 13.9. The van der Waals surface area contributed by atoms with Crippen molar-refractivity contribution in [2.45, 2.75) is 121 Å². The molecule has 3 aliphatic heterocycles. The molecule has 0 aliphatic carbocycles. The molecule has 3 N–H and O–H groups in total. The number of alkyl halides is 1. The number of aliphatic hydroxyl groups excluding tert-OH is 1. The summed E-state index contributed by atoms with van der Waals surface area (Å²) in [5.74, 6) is -0.804. The first-order chi connectivity index (χ1) is 21.2. The molecule has 0 saturated carbocycles. The van der Waals surface area contributed by atoms with Gasteiger partial charge in [-0.15, -0.1) is 0 Å². The third kappa shape index (κ3) is 11.7. The lowest BCUT2D eigenvalue weighted by atomic mass is 9.86. The van der Waals surface area contributed by atoms with Crippen molar-refractivity contribution in [3.05, 3.63) is 36.0 Å². The second-order valence-corrected chi connectivity index (χ2v) is 13.1. The topological polar surface area (TPSA) is 165 Å². The smallest absolute Gasteiger partial charge is 0.303 e. The van der Waals surface area contributed by atoms with Gasteiger partial charge < -0.3 is 34.8 Å². The van der Waals surface area contributed by atoms with E-state index in [9.17, 15) is 24.3 Å². The fourth-order valence-electron chi connectivity index (χ4n) is 5.80. The zero-order valence-electron chi connectivity index (χ0n) is 26.8. The van der Waals surface area contributed by atoms with Gasteiger partial charge in [0.1, 0.15) is 35.5 Å². The molecule has 3 fully saturated rings. The van der Waals surface area contributed by atoms with E-state index in [0.29, 0.717) is 19.4 Å². The number of halogens is 1. The van der Waals surface area contributed by atoms with Crippen molar-refractivity contribution < 1.29 is 43.2 Å². The molecule has 3 rings (SSSR count). The van der Waals surface area contributed by atoms with Crippen LogP contribution in [0, 0.1) is 11.3 Å². The van der Waals surface area contributed by atoms with Crippen LogP contribution in [-0.4, -0.2) is 94.5 Å². The molecule has 9 atom stereocenters. The monoisotopic (exact) mass is 694 g/mol. The number of allylic oxidation sites excluding steroid dienone is 2. The summed E-state index contributed by atoms with van der Waals surface area (Å²) < 4.78 is 23.0. The molecule has 11 nitrogen and oxygen atoms in total. The highest BCUT2D eigenvalue weighted by Gasteiger charge is 2.58. The summed E-state index contributed by atoms with van der Waals surface area (Å²) in [6.45, 7) is 9.40. The predicted octanol–water partition coefficient (Wildman–Crippen LogP) is 3.70. The van der Waals surface area contributed by atoms with Gasteiger partial charge >= 0.3 is 5.97 Å². The van der Waals surface area contributed by atoms with Crippen molar-refractivity contribution in [2.24, 2.45) is 5.92 Å². The Labute approximate surface area is 273 Å². The number of epoxide rings is 1. The normalized spacial score (nSPS) is 32.4. The Hall–Kier alpha value is -2.51. The third-order valence-corrected chi connectivity index (χ3v) is 8.97. The molecule has 45 heavy (non-hydrogen) atoms. The molecule has 0 aromatic heterocycles. The summed E-state index contributed by atoms with van der Waals surface area (Å²) in [6, 6.07) is -0.147. The van der Waals surface area contributed by atoms with E-state index in [4.69, 9.17) is 24.4 Å². The van der Waals surface area contributed by atoms with E-state index in [0.717, 1.165) is 12.0 Å². The second-order valence-electron chi connectivity index (χ2n) is 12.5. The number of hydrogen-bond acceptors (Lipinski definition) is 10. The van der Waals surface area contributed by atoms with E-state index in [1.54, 1.807) is 13.0 Å². The zero-order chi connectivity index (χ0) is 33.3. The average molecular weight is 696 g/mol. The maximum atomic E-state index is 12.6. The number of carbonyl (C=O) groups is 4. The number of esters is 1. The number of aliphatic hydroxyl groups is 1. The number of amides is 1. The Bertz CT molecular complexity index is 1190. The SMILES string of the molecule is CC(=O)O[C@@H](C)/C=C\C(=O)N[C@@H]1C[C@H](C)[C@H](C/C=C(C)/C=C/[C@H]2O[C@H](CC(=O)CC(=N)CC(=O)CBr)C[C@@]3(CO3)[C@@H]2O)O[C@@H]1C. The van der Waals surface area contributed by atoms with Gasteiger partial charge in [0, 0.05) is 44.4 Å².